The summed E-state index contributed by atoms with van der Waals surface area (Å²) in [5.41, 5.74) is 1.61. The Morgan fingerprint density at radius 1 is 1.19 bits per heavy atom. The molecule has 1 aromatic rings. The number of alkyl halides is 1. The van der Waals surface area contributed by atoms with Crippen LogP contribution in [0.25, 0.3) is 0 Å². The normalized spacial score (nSPS) is 27.1. The minimum atomic E-state index is 0.198. The van der Waals surface area contributed by atoms with Crippen molar-refractivity contribution >= 4 is 21.8 Å². The predicted octanol–water partition coefficient (Wildman–Crippen LogP) is 4.25. The maximum atomic E-state index is 12.4. The third-order valence-electron chi connectivity index (χ3n) is 5.19. The van der Waals surface area contributed by atoms with E-state index in [-0.39, 0.29) is 11.8 Å². The van der Waals surface area contributed by atoms with E-state index in [1.807, 2.05) is 6.07 Å². The molecule has 2 unspecified atom stereocenters. The number of benzene rings is 1. The van der Waals surface area contributed by atoms with Crippen molar-refractivity contribution in [2.75, 3.05) is 11.9 Å². The molecule has 1 N–H and O–H groups in total. The molecule has 1 amide bonds. The SMILES string of the molecule is O=C(NCC1(CBr)CCCCC1)C1CC1c1ccccc1. The van der Waals surface area contributed by atoms with Crippen molar-refractivity contribution < 1.29 is 4.79 Å². The van der Waals surface area contributed by atoms with Crippen LogP contribution in [-0.2, 0) is 4.79 Å². The Hall–Kier alpha value is -0.830. The summed E-state index contributed by atoms with van der Waals surface area (Å²) in [5.74, 6) is 0.899. The Morgan fingerprint density at radius 2 is 1.90 bits per heavy atom. The van der Waals surface area contributed by atoms with Gasteiger partial charge in [-0.1, -0.05) is 65.5 Å². The van der Waals surface area contributed by atoms with Crippen molar-refractivity contribution in [3.8, 4) is 0 Å². The van der Waals surface area contributed by atoms with Crippen molar-refractivity contribution in [3.05, 3.63) is 35.9 Å². The van der Waals surface area contributed by atoms with Crippen LogP contribution in [-0.4, -0.2) is 17.8 Å². The van der Waals surface area contributed by atoms with Crippen molar-refractivity contribution in [1.29, 1.82) is 0 Å². The molecule has 2 fully saturated rings. The van der Waals surface area contributed by atoms with Crippen LogP contribution < -0.4 is 5.32 Å². The Balaban J connectivity index is 1.51. The lowest BCUT2D eigenvalue weighted by Gasteiger charge is -2.35. The molecule has 0 aliphatic heterocycles. The molecule has 2 aliphatic carbocycles. The molecule has 2 aliphatic rings. The molecule has 2 atom stereocenters. The van der Waals surface area contributed by atoms with E-state index < -0.39 is 0 Å². The third kappa shape index (κ3) is 3.50. The quantitative estimate of drug-likeness (QED) is 0.791. The highest BCUT2D eigenvalue weighted by Gasteiger charge is 2.44. The second kappa shape index (κ2) is 6.51. The number of halogens is 1. The zero-order valence-corrected chi connectivity index (χ0v) is 14.1. The molecule has 0 spiro atoms. The number of hydrogen-bond donors (Lipinski definition) is 1. The molecule has 0 saturated heterocycles. The van der Waals surface area contributed by atoms with Gasteiger partial charge < -0.3 is 5.32 Å². The summed E-state index contributed by atoms with van der Waals surface area (Å²) in [6.07, 6.45) is 7.45. The molecule has 2 saturated carbocycles. The van der Waals surface area contributed by atoms with Crippen LogP contribution in [0.4, 0.5) is 0 Å². The molecule has 21 heavy (non-hydrogen) atoms. The minimum absolute atomic E-state index is 0.198. The van der Waals surface area contributed by atoms with E-state index in [0.29, 0.717) is 11.3 Å². The summed E-state index contributed by atoms with van der Waals surface area (Å²) in [4.78, 5) is 12.4. The van der Waals surface area contributed by atoms with Gasteiger partial charge >= 0.3 is 0 Å². The Bertz CT molecular complexity index is 481. The zero-order valence-electron chi connectivity index (χ0n) is 12.5. The molecular weight excluding hydrogens is 326 g/mol. The second-order valence-electron chi connectivity index (χ2n) is 6.77. The monoisotopic (exact) mass is 349 g/mol. The molecule has 3 rings (SSSR count). The molecule has 0 bridgehead atoms. The van der Waals surface area contributed by atoms with Crippen LogP contribution in [0.1, 0.15) is 50.0 Å². The molecule has 0 heterocycles. The van der Waals surface area contributed by atoms with Crippen LogP contribution in [0.3, 0.4) is 0 Å². The van der Waals surface area contributed by atoms with Gasteiger partial charge in [0.15, 0.2) is 0 Å². The Morgan fingerprint density at radius 3 is 2.57 bits per heavy atom. The van der Waals surface area contributed by atoms with Gasteiger partial charge in [0.2, 0.25) is 5.91 Å². The van der Waals surface area contributed by atoms with Gasteiger partial charge in [0.1, 0.15) is 0 Å². The fourth-order valence-corrected chi connectivity index (χ4v) is 4.38. The summed E-state index contributed by atoms with van der Waals surface area (Å²) in [6, 6.07) is 10.4. The van der Waals surface area contributed by atoms with Gasteiger partial charge in [-0.3, -0.25) is 4.79 Å². The predicted molar refractivity (Wildman–Crippen MR) is 89.6 cm³/mol. The highest BCUT2D eigenvalue weighted by atomic mass is 79.9. The first-order valence-corrected chi connectivity index (χ1v) is 9.25. The van der Waals surface area contributed by atoms with Gasteiger partial charge in [-0.25, -0.2) is 0 Å². The minimum Gasteiger partial charge on any atom is -0.355 e. The standard InChI is InChI=1S/C18H24BrNO/c19-12-18(9-5-2-6-10-18)13-20-17(21)16-11-15(16)14-7-3-1-4-8-14/h1,3-4,7-8,15-16H,2,5-6,9-13H2,(H,20,21). The molecule has 2 nitrogen and oxygen atoms in total. The summed E-state index contributed by atoms with van der Waals surface area (Å²) >= 11 is 3.67. The number of rotatable bonds is 5. The maximum absolute atomic E-state index is 12.4. The second-order valence-corrected chi connectivity index (χ2v) is 7.33. The van der Waals surface area contributed by atoms with E-state index in [9.17, 15) is 4.79 Å². The first kappa shape index (κ1) is 15.1. The summed E-state index contributed by atoms with van der Waals surface area (Å²) < 4.78 is 0. The lowest BCUT2D eigenvalue weighted by molar-refractivity contribution is -0.123. The van der Waals surface area contributed by atoms with Gasteiger partial charge in [0.25, 0.3) is 0 Å². The lowest BCUT2D eigenvalue weighted by Crippen LogP contribution is -2.40. The Labute approximate surface area is 135 Å². The maximum Gasteiger partial charge on any atom is 0.223 e. The van der Waals surface area contributed by atoms with Gasteiger partial charge in [-0.15, -0.1) is 0 Å². The van der Waals surface area contributed by atoms with Gasteiger partial charge in [-0.2, -0.15) is 0 Å². The van der Waals surface area contributed by atoms with Gasteiger partial charge in [-0.05, 0) is 36.2 Å². The fraction of sp³-hybridized carbons (Fsp3) is 0.611. The summed E-state index contributed by atoms with van der Waals surface area (Å²) in [6.45, 7) is 0.842. The lowest BCUT2D eigenvalue weighted by atomic mass is 9.75. The van der Waals surface area contributed by atoms with Crippen molar-refractivity contribution in [2.45, 2.75) is 44.4 Å². The van der Waals surface area contributed by atoms with E-state index in [1.165, 1.54) is 37.7 Å². The first-order chi connectivity index (χ1) is 10.2. The molecular formula is C18H24BrNO. The summed E-state index contributed by atoms with van der Waals surface area (Å²) in [7, 11) is 0. The molecule has 0 radical (unpaired) electrons. The number of carbonyl (C=O) groups excluding carboxylic acids is 1. The van der Waals surface area contributed by atoms with Crippen LogP contribution in [0.5, 0.6) is 0 Å². The zero-order chi connectivity index (χ0) is 14.7. The van der Waals surface area contributed by atoms with E-state index in [0.717, 1.165) is 18.3 Å². The van der Waals surface area contributed by atoms with E-state index in [4.69, 9.17) is 0 Å². The largest absolute Gasteiger partial charge is 0.355 e. The third-order valence-corrected chi connectivity index (χ3v) is 6.38. The fourth-order valence-electron chi connectivity index (χ4n) is 3.62. The van der Waals surface area contributed by atoms with Crippen molar-refractivity contribution in [3.63, 3.8) is 0 Å². The van der Waals surface area contributed by atoms with Crippen molar-refractivity contribution in [1.82, 2.24) is 5.32 Å². The van der Waals surface area contributed by atoms with E-state index in [1.54, 1.807) is 0 Å². The number of amides is 1. The molecule has 3 heteroatoms. The summed E-state index contributed by atoms with van der Waals surface area (Å²) in [5, 5.41) is 4.24. The van der Waals surface area contributed by atoms with Crippen LogP contribution in [0.15, 0.2) is 30.3 Å². The molecule has 114 valence electrons. The number of nitrogens with one attached hydrogen (secondary N) is 1. The smallest absolute Gasteiger partial charge is 0.223 e. The van der Waals surface area contributed by atoms with Gasteiger partial charge in [0, 0.05) is 17.8 Å². The van der Waals surface area contributed by atoms with E-state index in [2.05, 4.69) is 45.5 Å². The number of carbonyl (C=O) groups is 1. The highest BCUT2D eigenvalue weighted by molar-refractivity contribution is 9.09. The van der Waals surface area contributed by atoms with Crippen LogP contribution >= 0.6 is 15.9 Å². The number of hydrogen-bond acceptors (Lipinski definition) is 1. The molecule has 0 aromatic heterocycles. The van der Waals surface area contributed by atoms with Crippen LogP contribution in [0.2, 0.25) is 0 Å². The Kier molecular flexibility index (Phi) is 4.68. The average molecular weight is 350 g/mol. The molecule has 1 aromatic carbocycles. The average Bonchev–Trinajstić information content (AvgIpc) is 3.35. The van der Waals surface area contributed by atoms with Crippen molar-refractivity contribution in [2.24, 2.45) is 11.3 Å². The van der Waals surface area contributed by atoms with Gasteiger partial charge in [0.05, 0.1) is 0 Å². The van der Waals surface area contributed by atoms with E-state index >= 15 is 0 Å². The highest BCUT2D eigenvalue weighted by Crippen LogP contribution is 2.47. The topological polar surface area (TPSA) is 29.1 Å². The first-order valence-electron chi connectivity index (χ1n) is 8.13. The van der Waals surface area contributed by atoms with Crippen LogP contribution in [0, 0.1) is 11.3 Å².